The second-order valence-electron chi connectivity index (χ2n) is 9.26. The van der Waals surface area contributed by atoms with Crippen LogP contribution in [0.25, 0.3) is 11.1 Å². The molecule has 0 saturated carbocycles. The first-order valence-corrected chi connectivity index (χ1v) is 12.7. The minimum absolute atomic E-state index is 0.127. The van der Waals surface area contributed by atoms with Gasteiger partial charge in [-0.2, -0.15) is 0 Å². The molecule has 1 fully saturated rings. The molecule has 0 N–H and O–H groups in total. The molecule has 0 bridgehead atoms. The molecule has 0 radical (unpaired) electrons. The average Bonchev–Trinajstić information content (AvgIpc) is 3.13. The second kappa shape index (κ2) is 11.7. The van der Waals surface area contributed by atoms with Gasteiger partial charge in [0.25, 0.3) is 0 Å². The van der Waals surface area contributed by atoms with E-state index in [1.807, 2.05) is 30.0 Å². The third kappa shape index (κ3) is 5.84. The van der Waals surface area contributed by atoms with E-state index >= 15 is 0 Å². The number of piperidine rings is 1. The first kappa shape index (κ1) is 25.2. The van der Waals surface area contributed by atoms with Gasteiger partial charge in [-0.25, -0.2) is 0 Å². The van der Waals surface area contributed by atoms with Gasteiger partial charge in [0.2, 0.25) is 5.91 Å². The van der Waals surface area contributed by atoms with E-state index in [1.54, 1.807) is 14.2 Å². The second-order valence-corrected chi connectivity index (χ2v) is 9.26. The SMILES string of the molecule is CCC(=O)N1CCOc2c(cc(-c3ccc(OC)c(OC)c3)cc2OC[C@H]2CCCN(CC)C2)C1. The number of ether oxygens (including phenoxy) is 4. The van der Waals surface area contributed by atoms with Crippen molar-refractivity contribution >= 4 is 5.91 Å². The quantitative estimate of drug-likeness (QED) is 0.548. The lowest BCUT2D eigenvalue weighted by molar-refractivity contribution is -0.131. The molecule has 1 amide bonds. The van der Waals surface area contributed by atoms with E-state index in [4.69, 9.17) is 18.9 Å². The van der Waals surface area contributed by atoms with E-state index in [0.29, 0.717) is 50.1 Å². The van der Waals surface area contributed by atoms with Crippen molar-refractivity contribution in [2.75, 3.05) is 53.6 Å². The van der Waals surface area contributed by atoms with Crippen molar-refractivity contribution in [3.63, 3.8) is 0 Å². The normalized spacial score (nSPS) is 18.3. The first-order valence-electron chi connectivity index (χ1n) is 12.7. The molecule has 35 heavy (non-hydrogen) atoms. The molecule has 0 spiro atoms. The lowest BCUT2D eigenvalue weighted by atomic mass is 9.98. The van der Waals surface area contributed by atoms with E-state index < -0.39 is 0 Å². The fraction of sp³-hybridized carbons (Fsp3) is 0.536. The molecule has 0 aliphatic carbocycles. The molecule has 7 heteroatoms. The summed E-state index contributed by atoms with van der Waals surface area (Å²) in [7, 11) is 3.27. The number of likely N-dealkylation sites (tertiary alicyclic amines) is 1. The van der Waals surface area contributed by atoms with Gasteiger partial charge >= 0.3 is 0 Å². The van der Waals surface area contributed by atoms with Crippen molar-refractivity contribution in [2.24, 2.45) is 5.92 Å². The van der Waals surface area contributed by atoms with Gasteiger partial charge in [0.05, 0.1) is 27.4 Å². The number of rotatable bonds is 8. The topological polar surface area (TPSA) is 60.5 Å². The minimum Gasteiger partial charge on any atom is -0.493 e. The van der Waals surface area contributed by atoms with Crippen LogP contribution in [-0.4, -0.2) is 69.3 Å². The van der Waals surface area contributed by atoms with Crippen LogP contribution in [0, 0.1) is 5.92 Å². The standard InChI is InChI=1S/C28H38N2O5/c1-5-27(31)30-12-13-34-28-23(18-30)14-22(21-9-10-24(32-3)25(15-21)33-4)16-26(28)35-19-20-8-7-11-29(6-2)17-20/h9-10,14-16,20H,5-8,11-13,17-19H2,1-4H3/t20-/m0/s1. The molecule has 0 aromatic heterocycles. The molecule has 7 nitrogen and oxygen atoms in total. The highest BCUT2D eigenvalue weighted by Crippen LogP contribution is 2.41. The van der Waals surface area contributed by atoms with Crippen molar-refractivity contribution in [1.82, 2.24) is 9.80 Å². The van der Waals surface area contributed by atoms with E-state index in [2.05, 4.69) is 24.0 Å². The molecule has 2 aliphatic rings. The van der Waals surface area contributed by atoms with E-state index in [1.165, 1.54) is 19.4 Å². The Morgan fingerprint density at radius 1 is 1.03 bits per heavy atom. The zero-order valence-corrected chi connectivity index (χ0v) is 21.5. The Balaban J connectivity index is 1.68. The Bertz CT molecular complexity index is 1020. The van der Waals surface area contributed by atoms with Crippen LogP contribution in [0.2, 0.25) is 0 Å². The Kier molecular flexibility index (Phi) is 8.39. The molecule has 2 aromatic carbocycles. The molecule has 4 rings (SSSR count). The minimum atomic E-state index is 0.127. The van der Waals surface area contributed by atoms with Crippen LogP contribution in [0.1, 0.15) is 38.7 Å². The number of hydrogen-bond acceptors (Lipinski definition) is 6. The van der Waals surface area contributed by atoms with Gasteiger partial charge in [-0.1, -0.05) is 19.9 Å². The van der Waals surface area contributed by atoms with Gasteiger partial charge in [0.1, 0.15) is 6.61 Å². The van der Waals surface area contributed by atoms with Crippen LogP contribution < -0.4 is 18.9 Å². The highest BCUT2D eigenvalue weighted by Gasteiger charge is 2.25. The Morgan fingerprint density at radius 3 is 2.57 bits per heavy atom. The molecule has 2 heterocycles. The van der Waals surface area contributed by atoms with Gasteiger partial charge in [0, 0.05) is 31.0 Å². The smallest absolute Gasteiger partial charge is 0.222 e. The summed E-state index contributed by atoms with van der Waals surface area (Å²) < 4.78 is 23.6. The summed E-state index contributed by atoms with van der Waals surface area (Å²) in [6, 6.07) is 10.0. The number of amides is 1. The average molecular weight is 483 g/mol. The monoisotopic (exact) mass is 482 g/mol. The lowest BCUT2D eigenvalue weighted by Gasteiger charge is -2.31. The molecule has 0 unspecified atom stereocenters. The van der Waals surface area contributed by atoms with Gasteiger partial charge in [-0.15, -0.1) is 0 Å². The van der Waals surface area contributed by atoms with Crippen LogP contribution in [0.3, 0.4) is 0 Å². The van der Waals surface area contributed by atoms with Gasteiger partial charge in [-0.3, -0.25) is 4.79 Å². The maximum Gasteiger partial charge on any atom is 0.222 e. The summed E-state index contributed by atoms with van der Waals surface area (Å²) in [5, 5.41) is 0. The van der Waals surface area contributed by atoms with Crippen molar-refractivity contribution in [2.45, 2.75) is 39.7 Å². The summed E-state index contributed by atoms with van der Waals surface area (Å²) >= 11 is 0. The molecule has 2 aliphatic heterocycles. The van der Waals surface area contributed by atoms with Gasteiger partial charge in [0.15, 0.2) is 23.0 Å². The molecular formula is C28H38N2O5. The molecule has 190 valence electrons. The third-order valence-corrected chi connectivity index (χ3v) is 7.00. The largest absolute Gasteiger partial charge is 0.493 e. The third-order valence-electron chi connectivity index (χ3n) is 7.00. The zero-order chi connectivity index (χ0) is 24.8. The Hall–Kier alpha value is -2.93. The van der Waals surface area contributed by atoms with Crippen LogP contribution in [-0.2, 0) is 11.3 Å². The predicted molar refractivity (Wildman–Crippen MR) is 137 cm³/mol. The Morgan fingerprint density at radius 2 is 1.83 bits per heavy atom. The van der Waals surface area contributed by atoms with Crippen molar-refractivity contribution in [3.05, 3.63) is 35.9 Å². The van der Waals surface area contributed by atoms with Crippen molar-refractivity contribution < 1.29 is 23.7 Å². The first-order chi connectivity index (χ1) is 17.1. The van der Waals surface area contributed by atoms with Crippen molar-refractivity contribution in [3.8, 4) is 34.1 Å². The molecule has 1 saturated heterocycles. The number of benzene rings is 2. The zero-order valence-electron chi connectivity index (χ0n) is 21.5. The van der Waals surface area contributed by atoms with E-state index in [9.17, 15) is 4.79 Å². The van der Waals surface area contributed by atoms with E-state index in [-0.39, 0.29) is 5.91 Å². The number of hydrogen-bond donors (Lipinski definition) is 0. The Labute approximate surface area is 208 Å². The van der Waals surface area contributed by atoms with Gasteiger partial charge in [-0.05, 0) is 61.3 Å². The van der Waals surface area contributed by atoms with Crippen molar-refractivity contribution in [1.29, 1.82) is 0 Å². The number of fused-ring (bicyclic) bond motifs is 1. The summed E-state index contributed by atoms with van der Waals surface area (Å²) in [6.45, 7) is 9.60. The maximum absolute atomic E-state index is 12.5. The number of nitrogens with zero attached hydrogens (tertiary/aromatic N) is 2. The summed E-state index contributed by atoms with van der Waals surface area (Å²) in [5.41, 5.74) is 2.95. The van der Waals surface area contributed by atoms with Crippen LogP contribution in [0.15, 0.2) is 30.3 Å². The highest BCUT2D eigenvalue weighted by atomic mass is 16.5. The van der Waals surface area contributed by atoms with Gasteiger partial charge < -0.3 is 28.7 Å². The molecule has 1 atom stereocenters. The fourth-order valence-corrected chi connectivity index (χ4v) is 4.99. The van der Waals surface area contributed by atoms with E-state index in [0.717, 1.165) is 41.3 Å². The fourth-order valence-electron chi connectivity index (χ4n) is 4.99. The molecule has 2 aromatic rings. The number of carbonyl (C=O) groups excluding carboxylic acids is 1. The highest BCUT2D eigenvalue weighted by molar-refractivity contribution is 5.77. The number of carbonyl (C=O) groups is 1. The summed E-state index contributed by atoms with van der Waals surface area (Å²) in [4.78, 5) is 16.9. The summed E-state index contributed by atoms with van der Waals surface area (Å²) in [5.74, 6) is 3.47. The summed E-state index contributed by atoms with van der Waals surface area (Å²) in [6.07, 6.45) is 2.85. The van der Waals surface area contributed by atoms with Crippen LogP contribution in [0.4, 0.5) is 0 Å². The maximum atomic E-state index is 12.5. The molecular weight excluding hydrogens is 444 g/mol. The number of methoxy groups -OCH3 is 2. The lowest BCUT2D eigenvalue weighted by Crippen LogP contribution is -2.37. The predicted octanol–water partition coefficient (Wildman–Crippen LogP) is 4.61. The van der Waals surface area contributed by atoms with Crippen LogP contribution in [0.5, 0.6) is 23.0 Å². The van der Waals surface area contributed by atoms with Crippen LogP contribution >= 0.6 is 0 Å².